The lowest BCUT2D eigenvalue weighted by atomic mass is 10.1. The van der Waals surface area contributed by atoms with E-state index in [2.05, 4.69) is 25.1 Å². The number of rotatable bonds is 2. The lowest BCUT2D eigenvalue weighted by Gasteiger charge is -1.96. The smallest absolute Gasteiger partial charge is 0.134 e. The first-order valence-corrected chi connectivity index (χ1v) is 5.36. The van der Waals surface area contributed by atoms with E-state index in [0.29, 0.717) is 0 Å². The Morgan fingerprint density at radius 2 is 1.93 bits per heavy atom. The van der Waals surface area contributed by atoms with Crippen LogP contribution in [0.5, 0.6) is 0 Å². The lowest BCUT2D eigenvalue weighted by molar-refractivity contribution is 0.615. The molecule has 0 N–H and O–H groups in total. The maximum Gasteiger partial charge on any atom is 0.134 e. The summed E-state index contributed by atoms with van der Waals surface area (Å²) >= 11 is 0. The third-order valence-electron chi connectivity index (χ3n) is 2.06. The summed E-state index contributed by atoms with van der Waals surface area (Å²) in [6.45, 7) is 6.19. The molecule has 0 amide bonds. The average molecular weight is 190 g/mol. The number of furan rings is 1. The average Bonchev–Trinajstić information content (AvgIpc) is 2.68. The van der Waals surface area contributed by atoms with E-state index in [4.69, 9.17) is 4.42 Å². The van der Waals surface area contributed by atoms with E-state index in [1.165, 1.54) is 17.4 Å². The third kappa shape index (κ3) is 2.38. The first-order chi connectivity index (χ1) is 6.90. The van der Waals surface area contributed by atoms with Gasteiger partial charge in [0.2, 0.25) is 0 Å². The van der Waals surface area contributed by atoms with Crippen LogP contribution in [-0.2, 0) is 6.42 Å². The number of hydrogen-bond acceptors (Lipinski definition) is 1. The van der Waals surface area contributed by atoms with Gasteiger partial charge in [0.1, 0.15) is 5.58 Å². The van der Waals surface area contributed by atoms with Gasteiger partial charge in [0.25, 0.3) is 0 Å². The minimum Gasteiger partial charge on any atom is -0.464 e. The Balaban J connectivity index is 0.000000461. The van der Waals surface area contributed by atoms with Crippen molar-refractivity contribution < 1.29 is 4.42 Å². The highest BCUT2D eigenvalue weighted by Gasteiger charge is 1.97. The summed E-state index contributed by atoms with van der Waals surface area (Å²) < 4.78 is 5.30. The van der Waals surface area contributed by atoms with Crippen LogP contribution >= 0.6 is 0 Å². The van der Waals surface area contributed by atoms with Crippen molar-refractivity contribution in [3.63, 3.8) is 0 Å². The summed E-state index contributed by atoms with van der Waals surface area (Å²) in [5.41, 5.74) is 2.36. The molecule has 0 bridgehead atoms. The maximum atomic E-state index is 5.30. The van der Waals surface area contributed by atoms with Crippen molar-refractivity contribution in [1.29, 1.82) is 0 Å². The van der Waals surface area contributed by atoms with E-state index in [-0.39, 0.29) is 0 Å². The van der Waals surface area contributed by atoms with Crippen LogP contribution in [0.25, 0.3) is 11.0 Å². The van der Waals surface area contributed by atoms with Gasteiger partial charge in [-0.2, -0.15) is 0 Å². The van der Waals surface area contributed by atoms with Gasteiger partial charge in [0.15, 0.2) is 0 Å². The number of hydrogen-bond donors (Lipinski definition) is 0. The molecule has 1 heteroatoms. The lowest BCUT2D eigenvalue weighted by Crippen LogP contribution is -1.80. The van der Waals surface area contributed by atoms with Gasteiger partial charge >= 0.3 is 0 Å². The minimum absolute atomic E-state index is 1.00. The topological polar surface area (TPSA) is 13.1 Å². The predicted molar refractivity (Wildman–Crippen MR) is 61.6 cm³/mol. The van der Waals surface area contributed by atoms with Crippen LogP contribution in [0.2, 0.25) is 0 Å². The second-order valence-electron chi connectivity index (χ2n) is 3.04. The van der Waals surface area contributed by atoms with E-state index in [1.807, 2.05) is 19.9 Å². The van der Waals surface area contributed by atoms with Crippen LogP contribution in [-0.4, -0.2) is 0 Å². The molecule has 0 saturated heterocycles. The van der Waals surface area contributed by atoms with Gasteiger partial charge in [-0.05, 0) is 24.1 Å². The number of fused-ring (bicyclic) bond motifs is 1. The molecule has 1 heterocycles. The molecule has 0 aliphatic heterocycles. The van der Waals surface area contributed by atoms with E-state index in [0.717, 1.165) is 12.0 Å². The van der Waals surface area contributed by atoms with Gasteiger partial charge in [-0.25, -0.2) is 0 Å². The fraction of sp³-hybridized carbons (Fsp3) is 0.385. The van der Waals surface area contributed by atoms with Gasteiger partial charge in [0.05, 0.1) is 6.26 Å². The molecule has 0 spiro atoms. The zero-order valence-corrected chi connectivity index (χ0v) is 9.21. The van der Waals surface area contributed by atoms with Gasteiger partial charge in [0, 0.05) is 5.39 Å². The van der Waals surface area contributed by atoms with Crippen LogP contribution in [0.3, 0.4) is 0 Å². The summed E-state index contributed by atoms with van der Waals surface area (Å²) in [7, 11) is 0. The van der Waals surface area contributed by atoms with E-state index in [9.17, 15) is 0 Å². The van der Waals surface area contributed by atoms with Crippen LogP contribution in [0, 0.1) is 0 Å². The largest absolute Gasteiger partial charge is 0.464 e. The molecular weight excluding hydrogens is 172 g/mol. The van der Waals surface area contributed by atoms with Gasteiger partial charge in [-0.1, -0.05) is 39.3 Å². The molecule has 0 unspecified atom stereocenters. The molecule has 0 atom stereocenters. The van der Waals surface area contributed by atoms with Crippen molar-refractivity contribution in [2.75, 3.05) is 0 Å². The minimum atomic E-state index is 1.00. The molecule has 14 heavy (non-hydrogen) atoms. The van der Waals surface area contributed by atoms with Crippen molar-refractivity contribution in [2.45, 2.75) is 33.6 Å². The monoisotopic (exact) mass is 190 g/mol. The van der Waals surface area contributed by atoms with Gasteiger partial charge in [-0.15, -0.1) is 0 Å². The standard InChI is InChI=1S/C11H12O.C2H6/c1-2-3-9-4-5-10-6-7-12-11(10)8-9;1-2/h4-8H,2-3H2,1H3;1-2H3. The van der Waals surface area contributed by atoms with Gasteiger partial charge < -0.3 is 4.42 Å². The summed E-state index contributed by atoms with van der Waals surface area (Å²) in [5, 5.41) is 1.19. The van der Waals surface area contributed by atoms with Crippen molar-refractivity contribution in [1.82, 2.24) is 0 Å². The molecule has 0 radical (unpaired) electrons. The summed E-state index contributed by atoms with van der Waals surface area (Å²) in [5.74, 6) is 0. The van der Waals surface area contributed by atoms with Crippen LogP contribution < -0.4 is 0 Å². The fourth-order valence-electron chi connectivity index (χ4n) is 1.44. The molecular formula is C13H18O. The maximum absolute atomic E-state index is 5.30. The molecule has 1 aromatic carbocycles. The zero-order chi connectivity index (χ0) is 10.4. The van der Waals surface area contributed by atoms with Crippen molar-refractivity contribution in [3.8, 4) is 0 Å². The highest BCUT2D eigenvalue weighted by atomic mass is 16.3. The highest BCUT2D eigenvalue weighted by Crippen LogP contribution is 2.17. The number of benzene rings is 1. The Morgan fingerprint density at radius 3 is 2.64 bits per heavy atom. The molecule has 2 rings (SSSR count). The molecule has 0 aliphatic carbocycles. The quantitative estimate of drug-likeness (QED) is 0.683. The SMILES string of the molecule is CC.CCCc1ccc2ccoc2c1. The molecule has 0 saturated carbocycles. The summed E-state index contributed by atoms with van der Waals surface area (Å²) in [4.78, 5) is 0. The Bertz CT molecular complexity index is 373. The predicted octanol–water partition coefficient (Wildman–Crippen LogP) is 4.41. The van der Waals surface area contributed by atoms with E-state index < -0.39 is 0 Å². The Hall–Kier alpha value is -1.24. The fourth-order valence-corrected chi connectivity index (χ4v) is 1.44. The van der Waals surface area contributed by atoms with Crippen molar-refractivity contribution in [2.24, 2.45) is 0 Å². The number of aryl methyl sites for hydroxylation is 1. The molecule has 76 valence electrons. The first kappa shape index (κ1) is 10.8. The molecule has 2 aromatic rings. The summed E-state index contributed by atoms with van der Waals surface area (Å²) in [6.07, 6.45) is 4.06. The molecule has 1 nitrogen and oxygen atoms in total. The van der Waals surface area contributed by atoms with Crippen molar-refractivity contribution in [3.05, 3.63) is 36.1 Å². The Labute approximate surface area is 85.7 Å². The van der Waals surface area contributed by atoms with Crippen LogP contribution in [0.15, 0.2) is 34.9 Å². The normalized spacial score (nSPS) is 9.64. The molecule has 1 aromatic heterocycles. The Kier molecular flexibility index (Phi) is 4.24. The second kappa shape index (κ2) is 5.48. The van der Waals surface area contributed by atoms with E-state index >= 15 is 0 Å². The zero-order valence-electron chi connectivity index (χ0n) is 9.21. The molecule has 0 aliphatic rings. The van der Waals surface area contributed by atoms with Gasteiger partial charge in [-0.3, -0.25) is 0 Å². The van der Waals surface area contributed by atoms with Crippen LogP contribution in [0.4, 0.5) is 0 Å². The second-order valence-corrected chi connectivity index (χ2v) is 3.04. The third-order valence-corrected chi connectivity index (χ3v) is 2.06. The van der Waals surface area contributed by atoms with Crippen LogP contribution in [0.1, 0.15) is 32.8 Å². The first-order valence-electron chi connectivity index (χ1n) is 5.36. The molecule has 0 fully saturated rings. The highest BCUT2D eigenvalue weighted by molar-refractivity contribution is 5.77. The van der Waals surface area contributed by atoms with E-state index in [1.54, 1.807) is 6.26 Å². The van der Waals surface area contributed by atoms with Crippen molar-refractivity contribution >= 4 is 11.0 Å². The summed E-state index contributed by atoms with van der Waals surface area (Å²) in [6, 6.07) is 8.40. The Morgan fingerprint density at radius 1 is 1.14 bits per heavy atom.